The Kier molecular flexibility index (Phi) is 3.07. The molecule has 0 saturated carbocycles. The standard InChI is InChI=1S/C7H12N2O2/c1-11-8-5-7-3-2-4-9(10)6-7/h3,5,10H,2,4,6H2,1H3/b8-5+. The first-order valence-corrected chi connectivity index (χ1v) is 3.52. The zero-order valence-electron chi connectivity index (χ0n) is 6.53. The van der Waals surface area contributed by atoms with Crippen LogP contribution in [0.15, 0.2) is 16.8 Å². The van der Waals surface area contributed by atoms with E-state index >= 15 is 0 Å². The fourth-order valence-electron chi connectivity index (χ4n) is 0.967. The smallest absolute Gasteiger partial charge is 0.106 e. The molecule has 0 aromatic heterocycles. The summed E-state index contributed by atoms with van der Waals surface area (Å²) in [5.74, 6) is 0. The van der Waals surface area contributed by atoms with Crippen molar-refractivity contribution in [2.75, 3.05) is 20.2 Å². The Morgan fingerprint density at radius 2 is 2.64 bits per heavy atom. The molecule has 0 fully saturated rings. The molecule has 0 aromatic rings. The van der Waals surface area contributed by atoms with E-state index in [0.29, 0.717) is 13.1 Å². The van der Waals surface area contributed by atoms with Crippen molar-refractivity contribution in [3.63, 3.8) is 0 Å². The lowest BCUT2D eigenvalue weighted by Crippen LogP contribution is -2.26. The largest absolute Gasteiger partial charge is 0.399 e. The second kappa shape index (κ2) is 4.10. The van der Waals surface area contributed by atoms with Gasteiger partial charge >= 0.3 is 0 Å². The number of hydrogen-bond donors (Lipinski definition) is 1. The molecule has 0 bridgehead atoms. The van der Waals surface area contributed by atoms with Gasteiger partial charge in [-0.25, -0.2) is 0 Å². The third kappa shape index (κ3) is 2.69. The summed E-state index contributed by atoms with van der Waals surface area (Å²) in [6, 6.07) is 0. The maximum atomic E-state index is 9.07. The molecule has 0 spiro atoms. The molecule has 0 aliphatic carbocycles. The number of nitrogens with zero attached hydrogens (tertiary/aromatic N) is 2. The predicted octanol–water partition coefficient (Wildman–Crippen LogP) is 0.640. The highest BCUT2D eigenvalue weighted by molar-refractivity contribution is 5.78. The summed E-state index contributed by atoms with van der Waals surface area (Å²) >= 11 is 0. The number of oxime groups is 1. The van der Waals surface area contributed by atoms with Gasteiger partial charge in [0.05, 0.1) is 12.8 Å². The van der Waals surface area contributed by atoms with Crippen molar-refractivity contribution in [3.8, 4) is 0 Å². The molecule has 4 nitrogen and oxygen atoms in total. The average molecular weight is 156 g/mol. The molecule has 0 unspecified atom stereocenters. The van der Waals surface area contributed by atoms with Gasteiger partial charge in [0.1, 0.15) is 7.11 Å². The number of hydrogen-bond acceptors (Lipinski definition) is 4. The Morgan fingerprint density at radius 3 is 3.27 bits per heavy atom. The van der Waals surface area contributed by atoms with Crippen LogP contribution < -0.4 is 0 Å². The van der Waals surface area contributed by atoms with Crippen molar-refractivity contribution >= 4 is 6.21 Å². The van der Waals surface area contributed by atoms with Crippen LogP contribution in [0.2, 0.25) is 0 Å². The van der Waals surface area contributed by atoms with Gasteiger partial charge in [0.25, 0.3) is 0 Å². The quantitative estimate of drug-likeness (QED) is 0.471. The normalized spacial score (nSPS) is 20.4. The van der Waals surface area contributed by atoms with E-state index in [1.165, 1.54) is 12.2 Å². The topological polar surface area (TPSA) is 45.1 Å². The Labute approximate surface area is 65.7 Å². The maximum absolute atomic E-state index is 9.07. The zero-order valence-corrected chi connectivity index (χ0v) is 6.53. The highest BCUT2D eigenvalue weighted by Crippen LogP contribution is 2.04. The third-order valence-corrected chi connectivity index (χ3v) is 1.48. The SMILES string of the molecule is CO/N=C/C1=CCCN(O)C1. The van der Waals surface area contributed by atoms with Crippen molar-refractivity contribution in [1.82, 2.24) is 5.06 Å². The lowest BCUT2D eigenvalue weighted by atomic mass is 10.2. The highest BCUT2D eigenvalue weighted by Gasteiger charge is 2.07. The van der Waals surface area contributed by atoms with E-state index in [-0.39, 0.29) is 0 Å². The Balaban J connectivity index is 2.44. The van der Waals surface area contributed by atoms with Crippen molar-refractivity contribution in [1.29, 1.82) is 0 Å². The minimum Gasteiger partial charge on any atom is -0.399 e. The Hall–Kier alpha value is -0.870. The summed E-state index contributed by atoms with van der Waals surface area (Å²) in [7, 11) is 1.50. The first-order chi connectivity index (χ1) is 5.33. The first-order valence-electron chi connectivity index (χ1n) is 3.52. The molecule has 0 aromatic carbocycles. The van der Waals surface area contributed by atoms with E-state index in [0.717, 1.165) is 12.0 Å². The zero-order chi connectivity index (χ0) is 8.10. The van der Waals surface area contributed by atoms with Gasteiger partial charge in [-0.3, -0.25) is 0 Å². The molecule has 1 heterocycles. The predicted molar refractivity (Wildman–Crippen MR) is 41.6 cm³/mol. The van der Waals surface area contributed by atoms with Crippen LogP contribution in [-0.4, -0.2) is 36.7 Å². The summed E-state index contributed by atoms with van der Waals surface area (Å²) in [6.07, 6.45) is 4.51. The Bertz CT molecular complexity index is 177. The van der Waals surface area contributed by atoms with Crippen LogP contribution in [-0.2, 0) is 4.84 Å². The second-order valence-corrected chi connectivity index (χ2v) is 2.37. The minimum absolute atomic E-state index is 0.535. The molecule has 11 heavy (non-hydrogen) atoms. The lowest BCUT2D eigenvalue weighted by Gasteiger charge is -2.18. The molecule has 0 amide bonds. The van der Waals surface area contributed by atoms with E-state index in [1.54, 1.807) is 6.21 Å². The molecule has 1 N–H and O–H groups in total. The van der Waals surface area contributed by atoms with Gasteiger partial charge in [0.15, 0.2) is 0 Å². The minimum atomic E-state index is 0.535. The second-order valence-electron chi connectivity index (χ2n) is 2.37. The summed E-state index contributed by atoms with van der Waals surface area (Å²) in [6.45, 7) is 1.23. The molecular formula is C7H12N2O2. The van der Waals surface area contributed by atoms with Crippen LogP contribution in [0, 0.1) is 0 Å². The van der Waals surface area contributed by atoms with Gasteiger partial charge in [0, 0.05) is 6.54 Å². The molecule has 0 atom stereocenters. The summed E-state index contributed by atoms with van der Waals surface area (Å²) in [5.41, 5.74) is 0.987. The van der Waals surface area contributed by atoms with Crippen LogP contribution in [0.5, 0.6) is 0 Å². The fraction of sp³-hybridized carbons (Fsp3) is 0.571. The van der Waals surface area contributed by atoms with Gasteiger partial charge in [-0.05, 0) is 12.0 Å². The van der Waals surface area contributed by atoms with Crippen molar-refractivity contribution in [2.45, 2.75) is 6.42 Å². The average Bonchev–Trinajstić information content (AvgIpc) is 2.01. The van der Waals surface area contributed by atoms with Gasteiger partial charge in [0.2, 0.25) is 0 Å². The monoisotopic (exact) mass is 156 g/mol. The first kappa shape index (κ1) is 8.23. The van der Waals surface area contributed by atoms with Gasteiger partial charge in [-0.2, -0.15) is 5.06 Å². The Morgan fingerprint density at radius 1 is 1.82 bits per heavy atom. The van der Waals surface area contributed by atoms with E-state index in [2.05, 4.69) is 9.99 Å². The number of hydroxylamine groups is 2. The van der Waals surface area contributed by atoms with Gasteiger partial charge < -0.3 is 10.0 Å². The third-order valence-electron chi connectivity index (χ3n) is 1.48. The summed E-state index contributed by atoms with van der Waals surface area (Å²) in [5, 5.41) is 13.9. The fourth-order valence-corrected chi connectivity index (χ4v) is 0.967. The van der Waals surface area contributed by atoms with Crippen molar-refractivity contribution in [2.24, 2.45) is 5.16 Å². The molecule has 0 radical (unpaired) electrons. The van der Waals surface area contributed by atoms with Crippen LogP contribution in [0.25, 0.3) is 0 Å². The summed E-state index contributed by atoms with van der Waals surface area (Å²) < 4.78 is 0. The van der Waals surface area contributed by atoms with Crippen molar-refractivity contribution < 1.29 is 10.0 Å². The molecule has 1 aliphatic rings. The van der Waals surface area contributed by atoms with E-state index in [1.807, 2.05) is 6.08 Å². The number of rotatable bonds is 2. The molecule has 1 rings (SSSR count). The van der Waals surface area contributed by atoms with Crippen LogP contribution in [0.3, 0.4) is 0 Å². The molecule has 4 heteroatoms. The van der Waals surface area contributed by atoms with Crippen LogP contribution >= 0.6 is 0 Å². The van der Waals surface area contributed by atoms with Gasteiger partial charge in [-0.15, -0.1) is 0 Å². The molecule has 0 saturated heterocycles. The van der Waals surface area contributed by atoms with Gasteiger partial charge in [-0.1, -0.05) is 11.2 Å². The van der Waals surface area contributed by atoms with Crippen molar-refractivity contribution in [3.05, 3.63) is 11.6 Å². The molecule has 62 valence electrons. The van der Waals surface area contributed by atoms with Crippen LogP contribution in [0.1, 0.15) is 6.42 Å². The van der Waals surface area contributed by atoms with E-state index < -0.39 is 0 Å². The van der Waals surface area contributed by atoms with Crippen LogP contribution in [0.4, 0.5) is 0 Å². The molecular weight excluding hydrogens is 144 g/mol. The summed E-state index contributed by atoms with van der Waals surface area (Å²) in [4.78, 5) is 4.51. The van der Waals surface area contributed by atoms with E-state index in [4.69, 9.17) is 5.21 Å². The maximum Gasteiger partial charge on any atom is 0.106 e. The highest BCUT2D eigenvalue weighted by atomic mass is 16.6. The van der Waals surface area contributed by atoms with E-state index in [9.17, 15) is 0 Å². The lowest BCUT2D eigenvalue weighted by molar-refractivity contribution is -0.0830. The molecule has 1 aliphatic heterocycles.